The highest BCUT2D eigenvalue weighted by molar-refractivity contribution is 5.93. The Labute approximate surface area is 228 Å². The Morgan fingerprint density at radius 3 is 2.48 bits per heavy atom. The number of carbonyl (C=O) groups excluding carboxylic acids is 2. The zero-order valence-electron chi connectivity index (χ0n) is 22.6. The number of H-pyrrole nitrogens is 1. The second-order valence-corrected chi connectivity index (χ2v) is 10.8. The van der Waals surface area contributed by atoms with Gasteiger partial charge in [-0.05, 0) is 69.4 Å². The van der Waals surface area contributed by atoms with Gasteiger partial charge in [0.2, 0.25) is 11.8 Å². The molecule has 2 heterocycles. The Kier molecular flexibility index (Phi) is 8.55. The molecule has 1 aliphatic carbocycles. The van der Waals surface area contributed by atoms with Crippen molar-refractivity contribution in [2.45, 2.75) is 89.5 Å². The van der Waals surface area contributed by atoms with Crippen LogP contribution in [0.25, 0.3) is 11.0 Å². The third-order valence-electron chi connectivity index (χ3n) is 7.42. The predicted molar refractivity (Wildman–Crippen MR) is 140 cm³/mol. The topological polar surface area (TPSA) is 91.8 Å². The van der Waals surface area contributed by atoms with Crippen LogP contribution in [0.5, 0.6) is 0 Å². The van der Waals surface area contributed by atoms with E-state index in [1.54, 1.807) is 37.3 Å². The van der Waals surface area contributed by atoms with Crippen LogP contribution < -0.4 is 10.6 Å². The van der Waals surface area contributed by atoms with Gasteiger partial charge in [-0.3, -0.25) is 9.59 Å². The molecule has 7 nitrogen and oxygen atoms in total. The number of nitrogens with zero attached hydrogens (tertiary/aromatic N) is 2. The maximum absolute atomic E-state index is 14.0. The zero-order valence-corrected chi connectivity index (χ0v) is 22.6. The van der Waals surface area contributed by atoms with Crippen molar-refractivity contribution in [2.75, 3.05) is 0 Å². The summed E-state index contributed by atoms with van der Waals surface area (Å²) in [4.78, 5) is 33.2. The minimum Gasteiger partial charge on any atom is -0.350 e. The highest BCUT2D eigenvalue weighted by atomic mass is 19.4. The van der Waals surface area contributed by atoms with Crippen LogP contribution in [0.3, 0.4) is 0 Å². The van der Waals surface area contributed by atoms with E-state index in [-0.39, 0.29) is 43.6 Å². The van der Waals surface area contributed by atoms with E-state index in [0.717, 1.165) is 0 Å². The van der Waals surface area contributed by atoms with Crippen molar-refractivity contribution in [1.29, 1.82) is 0 Å². The summed E-state index contributed by atoms with van der Waals surface area (Å²) in [6, 6.07) is 7.48. The summed E-state index contributed by atoms with van der Waals surface area (Å²) in [6.07, 6.45) is -4.59. The van der Waals surface area contributed by atoms with Gasteiger partial charge in [0.05, 0.1) is 29.5 Å². The average molecular weight is 568 g/mol. The molecule has 40 heavy (non-hydrogen) atoms. The average Bonchev–Trinajstić information content (AvgIpc) is 3.53. The van der Waals surface area contributed by atoms with Crippen LogP contribution in [0, 0.1) is 5.92 Å². The number of fused-ring (bicyclic) bond motifs is 1. The Bertz CT molecular complexity index is 1340. The van der Waals surface area contributed by atoms with Crippen LogP contribution in [-0.4, -0.2) is 38.4 Å². The SMILES string of the molecule is CC(C)n1cccc1C(=O)N[C@H](c1nc2cc([C@@H](C)NC(=O)CCC(F)(F)F)ccc2[nH]1)C1CCC(F)(F)CC1. The number of rotatable bonds is 9. The van der Waals surface area contributed by atoms with E-state index in [1.165, 1.54) is 0 Å². The first-order valence-corrected chi connectivity index (χ1v) is 13.4. The predicted octanol–water partition coefficient (Wildman–Crippen LogP) is 6.76. The van der Waals surface area contributed by atoms with Gasteiger partial charge in [0.25, 0.3) is 5.91 Å². The van der Waals surface area contributed by atoms with Crippen molar-refractivity contribution in [3.05, 3.63) is 53.6 Å². The molecule has 1 aliphatic rings. The number of nitrogens with one attached hydrogen (secondary N) is 3. The molecule has 218 valence electrons. The summed E-state index contributed by atoms with van der Waals surface area (Å²) in [6.45, 7) is 5.57. The Morgan fingerprint density at radius 2 is 1.82 bits per heavy atom. The normalized spacial score (nSPS) is 17.6. The van der Waals surface area contributed by atoms with E-state index >= 15 is 0 Å². The molecule has 4 rings (SSSR count). The lowest BCUT2D eigenvalue weighted by Crippen LogP contribution is -2.38. The molecule has 2 amide bonds. The molecule has 0 aliphatic heterocycles. The molecular weight excluding hydrogens is 533 g/mol. The second-order valence-electron chi connectivity index (χ2n) is 10.8. The molecule has 2 aromatic heterocycles. The van der Waals surface area contributed by atoms with Crippen molar-refractivity contribution in [3.8, 4) is 0 Å². The number of hydrogen-bond donors (Lipinski definition) is 3. The third kappa shape index (κ3) is 7.19. The molecule has 0 bridgehead atoms. The molecule has 12 heteroatoms. The lowest BCUT2D eigenvalue weighted by molar-refractivity contribution is -0.144. The van der Waals surface area contributed by atoms with E-state index in [2.05, 4.69) is 20.6 Å². The summed E-state index contributed by atoms with van der Waals surface area (Å²) in [5, 5.41) is 5.60. The molecule has 2 atom stereocenters. The van der Waals surface area contributed by atoms with Gasteiger partial charge in [-0.15, -0.1) is 0 Å². The fourth-order valence-corrected chi connectivity index (χ4v) is 5.17. The molecule has 0 saturated heterocycles. The van der Waals surface area contributed by atoms with E-state index < -0.39 is 42.9 Å². The van der Waals surface area contributed by atoms with Gasteiger partial charge in [0.15, 0.2) is 0 Å². The second kappa shape index (κ2) is 11.6. The van der Waals surface area contributed by atoms with Crippen LogP contribution in [0.2, 0.25) is 0 Å². The van der Waals surface area contributed by atoms with Crippen LogP contribution in [0.15, 0.2) is 36.5 Å². The van der Waals surface area contributed by atoms with Crippen molar-refractivity contribution < 1.29 is 31.5 Å². The quantitative estimate of drug-likeness (QED) is 0.250. The van der Waals surface area contributed by atoms with E-state index in [0.29, 0.717) is 28.1 Å². The number of benzene rings is 1. The van der Waals surface area contributed by atoms with Gasteiger partial charge in [0.1, 0.15) is 11.5 Å². The number of alkyl halides is 5. The zero-order chi connectivity index (χ0) is 29.2. The van der Waals surface area contributed by atoms with Gasteiger partial charge in [-0.25, -0.2) is 13.8 Å². The minimum atomic E-state index is -4.41. The van der Waals surface area contributed by atoms with E-state index in [9.17, 15) is 31.5 Å². The summed E-state index contributed by atoms with van der Waals surface area (Å²) in [5.74, 6) is -3.62. The smallest absolute Gasteiger partial charge is 0.350 e. The van der Waals surface area contributed by atoms with Gasteiger partial charge in [-0.2, -0.15) is 13.2 Å². The standard InChI is InChI=1S/C28H34F5N5O2/c1-16(2)38-14-4-5-22(38)26(40)37-24(18-8-11-27(29,30)12-9-18)25-35-20-7-6-19(15-21(20)36-25)17(3)34-23(39)10-13-28(31,32)33/h4-7,14-18,24H,8-13H2,1-3H3,(H,34,39)(H,35,36)(H,37,40)/t17-,24+/m1/s1. The Balaban J connectivity index is 1.57. The fraction of sp³-hybridized carbons (Fsp3) is 0.536. The van der Waals surface area contributed by atoms with Crippen molar-refractivity contribution in [3.63, 3.8) is 0 Å². The van der Waals surface area contributed by atoms with Crippen molar-refractivity contribution in [1.82, 2.24) is 25.2 Å². The Hall–Kier alpha value is -3.44. The molecule has 3 aromatic rings. The third-order valence-corrected chi connectivity index (χ3v) is 7.42. The van der Waals surface area contributed by atoms with Gasteiger partial charge < -0.3 is 20.2 Å². The van der Waals surface area contributed by atoms with Gasteiger partial charge in [-0.1, -0.05) is 6.07 Å². The van der Waals surface area contributed by atoms with Crippen molar-refractivity contribution in [2.24, 2.45) is 5.92 Å². The van der Waals surface area contributed by atoms with Crippen molar-refractivity contribution >= 4 is 22.8 Å². The molecule has 0 spiro atoms. The van der Waals surface area contributed by atoms with Gasteiger partial charge in [0, 0.05) is 31.5 Å². The maximum atomic E-state index is 14.0. The molecular formula is C28H34F5N5O2. The number of amides is 2. The molecule has 0 unspecified atom stereocenters. The van der Waals surface area contributed by atoms with Gasteiger partial charge >= 0.3 is 6.18 Å². The summed E-state index contributed by atoms with van der Waals surface area (Å²) < 4.78 is 67.1. The summed E-state index contributed by atoms with van der Waals surface area (Å²) in [7, 11) is 0. The monoisotopic (exact) mass is 567 g/mol. The highest BCUT2D eigenvalue weighted by Gasteiger charge is 2.39. The molecule has 1 saturated carbocycles. The lowest BCUT2D eigenvalue weighted by Gasteiger charge is -2.33. The highest BCUT2D eigenvalue weighted by Crippen LogP contribution is 2.41. The number of aromatic nitrogens is 3. The lowest BCUT2D eigenvalue weighted by atomic mass is 9.81. The minimum absolute atomic E-state index is 0.0446. The number of halogens is 5. The number of carbonyl (C=O) groups is 2. The first-order valence-electron chi connectivity index (χ1n) is 13.4. The van der Waals surface area contributed by atoms with E-state index in [1.807, 2.05) is 24.6 Å². The number of imidazole rings is 1. The first kappa shape index (κ1) is 29.5. The Morgan fingerprint density at radius 1 is 1.12 bits per heavy atom. The number of hydrogen-bond acceptors (Lipinski definition) is 3. The van der Waals surface area contributed by atoms with Crippen LogP contribution >= 0.6 is 0 Å². The molecule has 3 N–H and O–H groups in total. The first-order chi connectivity index (χ1) is 18.7. The molecule has 1 fully saturated rings. The molecule has 0 radical (unpaired) electrons. The van der Waals surface area contributed by atoms with Crippen LogP contribution in [-0.2, 0) is 4.79 Å². The number of aromatic amines is 1. The summed E-state index contributed by atoms with van der Waals surface area (Å²) >= 11 is 0. The summed E-state index contributed by atoms with van der Waals surface area (Å²) in [5.41, 5.74) is 2.25. The largest absolute Gasteiger partial charge is 0.389 e. The van der Waals surface area contributed by atoms with Crippen LogP contribution in [0.4, 0.5) is 22.0 Å². The fourth-order valence-electron chi connectivity index (χ4n) is 5.17. The van der Waals surface area contributed by atoms with Crippen LogP contribution in [0.1, 0.15) is 99.3 Å². The van der Waals surface area contributed by atoms with E-state index in [4.69, 9.17) is 0 Å². The molecule has 1 aromatic carbocycles. The maximum Gasteiger partial charge on any atom is 0.389 e.